The van der Waals surface area contributed by atoms with Gasteiger partial charge in [0.2, 0.25) is 5.91 Å². The van der Waals surface area contributed by atoms with E-state index in [4.69, 9.17) is 0 Å². The van der Waals surface area contributed by atoms with Crippen LogP contribution in [0.5, 0.6) is 0 Å². The Morgan fingerprint density at radius 3 is 2.45 bits per heavy atom. The topological polar surface area (TPSA) is 32.3 Å². The van der Waals surface area contributed by atoms with E-state index in [2.05, 4.69) is 5.32 Å². The number of hydrogen-bond donors (Lipinski definition) is 1. The molecule has 0 saturated carbocycles. The minimum atomic E-state index is 0.0544. The number of likely N-dealkylation sites (N-methyl/N-ethyl adjacent to an activating group) is 1. The summed E-state index contributed by atoms with van der Waals surface area (Å²) in [4.78, 5) is 12.9. The number of carbonyl (C=O) groups is 1. The van der Waals surface area contributed by atoms with Gasteiger partial charge in [-0.05, 0) is 14.0 Å². The Kier molecular flexibility index (Phi) is 4.86. The van der Waals surface area contributed by atoms with Crippen LogP contribution in [0.25, 0.3) is 0 Å². The summed E-state index contributed by atoms with van der Waals surface area (Å²) in [7, 11) is 1.96. The fraction of sp³-hybridized carbons (Fsp3) is 0.875. The van der Waals surface area contributed by atoms with Gasteiger partial charge in [0.1, 0.15) is 0 Å². The van der Waals surface area contributed by atoms with E-state index in [-0.39, 0.29) is 11.9 Å². The first kappa shape index (κ1) is 10.4. The molecule has 1 unspecified atom stereocenters. The van der Waals surface area contributed by atoms with Gasteiger partial charge in [-0.1, -0.05) is 13.8 Å². The van der Waals surface area contributed by atoms with Gasteiger partial charge < -0.3 is 5.32 Å². The summed E-state index contributed by atoms with van der Waals surface area (Å²) < 4.78 is 0. The summed E-state index contributed by atoms with van der Waals surface area (Å²) >= 11 is 0. The quantitative estimate of drug-likeness (QED) is 0.555. The maximum atomic E-state index is 10.9. The van der Waals surface area contributed by atoms with Crippen molar-refractivity contribution in [2.45, 2.75) is 26.8 Å². The van der Waals surface area contributed by atoms with Crippen LogP contribution in [-0.4, -0.2) is 37.0 Å². The average Bonchev–Trinajstić information content (AvgIpc) is 2.04. The summed E-state index contributed by atoms with van der Waals surface area (Å²) in [5, 5.41) is 2.78. The van der Waals surface area contributed by atoms with Crippen molar-refractivity contribution in [2.24, 2.45) is 0 Å². The molecule has 3 nitrogen and oxygen atoms in total. The lowest BCUT2D eigenvalue weighted by Gasteiger charge is -2.28. The van der Waals surface area contributed by atoms with Crippen LogP contribution in [0.3, 0.4) is 0 Å². The highest BCUT2D eigenvalue weighted by Gasteiger charge is 2.20. The number of hydrogen-bond acceptors (Lipinski definition) is 2. The van der Waals surface area contributed by atoms with Crippen molar-refractivity contribution in [1.29, 1.82) is 0 Å². The zero-order chi connectivity index (χ0) is 8.85. The Morgan fingerprint density at radius 1 is 1.55 bits per heavy atom. The second kappa shape index (κ2) is 5.13. The third kappa shape index (κ3) is 2.89. The van der Waals surface area contributed by atoms with Crippen molar-refractivity contribution in [1.82, 2.24) is 10.2 Å². The van der Waals surface area contributed by atoms with Crippen LogP contribution in [-0.2, 0) is 4.79 Å². The van der Waals surface area contributed by atoms with E-state index in [1.54, 1.807) is 0 Å². The Labute approximate surface area is 68.8 Å². The summed E-state index contributed by atoms with van der Waals surface area (Å²) in [6, 6.07) is 0.0544. The molecule has 0 aromatic carbocycles. The molecule has 66 valence electrons. The maximum absolute atomic E-state index is 10.9. The van der Waals surface area contributed by atoms with E-state index in [1.807, 2.05) is 32.7 Å². The molecule has 0 aromatic heterocycles. The SMILES string of the molecule is CC.CC1C(=O)NCCN1C. The van der Waals surface area contributed by atoms with Gasteiger partial charge >= 0.3 is 0 Å². The molecule has 1 saturated heterocycles. The van der Waals surface area contributed by atoms with E-state index in [1.165, 1.54) is 0 Å². The molecule has 0 aliphatic carbocycles. The van der Waals surface area contributed by atoms with Crippen molar-refractivity contribution >= 4 is 5.91 Å². The van der Waals surface area contributed by atoms with Crippen LogP contribution in [0.15, 0.2) is 0 Å². The average molecular weight is 158 g/mol. The monoisotopic (exact) mass is 158 g/mol. The first-order valence-corrected chi connectivity index (χ1v) is 4.20. The number of nitrogens with zero attached hydrogens (tertiary/aromatic N) is 1. The molecule has 1 rings (SSSR count). The number of rotatable bonds is 0. The van der Waals surface area contributed by atoms with Crippen molar-refractivity contribution in [3.05, 3.63) is 0 Å². The van der Waals surface area contributed by atoms with Crippen LogP contribution in [0.2, 0.25) is 0 Å². The molecule has 1 aliphatic heterocycles. The highest BCUT2D eigenvalue weighted by atomic mass is 16.2. The van der Waals surface area contributed by atoms with Crippen LogP contribution < -0.4 is 5.32 Å². The predicted molar refractivity (Wildman–Crippen MR) is 46.4 cm³/mol. The third-order valence-electron chi connectivity index (χ3n) is 1.80. The molecule has 0 bridgehead atoms. The second-order valence-electron chi connectivity index (χ2n) is 2.45. The normalized spacial score (nSPS) is 25.1. The van der Waals surface area contributed by atoms with Crippen molar-refractivity contribution < 1.29 is 4.79 Å². The maximum Gasteiger partial charge on any atom is 0.237 e. The second-order valence-corrected chi connectivity index (χ2v) is 2.45. The molecule has 11 heavy (non-hydrogen) atoms. The Balaban J connectivity index is 0.000000461. The molecule has 0 radical (unpaired) electrons. The largest absolute Gasteiger partial charge is 0.353 e. The summed E-state index contributed by atoms with van der Waals surface area (Å²) in [6.07, 6.45) is 0. The molecule has 1 atom stereocenters. The summed E-state index contributed by atoms with van der Waals surface area (Å²) in [5.41, 5.74) is 0. The van der Waals surface area contributed by atoms with E-state index < -0.39 is 0 Å². The molecule has 3 heteroatoms. The number of carbonyl (C=O) groups excluding carboxylic acids is 1. The molecule has 0 aromatic rings. The van der Waals surface area contributed by atoms with E-state index in [9.17, 15) is 4.79 Å². The molecular formula is C8H18N2O. The molecule has 1 N–H and O–H groups in total. The van der Waals surface area contributed by atoms with Crippen LogP contribution in [0.1, 0.15) is 20.8 Å². The van der Waals surface area contributed by atoms with Gasteiger partial charge in [0.25, 0.3) is 0 Å². The Hall–Kier alpha value is -0.570. The molecule has 0 spiro atoms. The minimum Gasteiger partial charge on any atom is -0.353 e. The van der Waals surface area contributed by atoms with Crippen molar-refractivity contribution in [3.63, 3.8) is 0 Å². The Bertz CT molecular complexity index is 125. The van der Waals surface area contributed by atoms with Gasteiger partial charge in [-0.3, -0.25) is 9.69 Å². The van der Waals surface area contributed by atoms with Crippen molar-refractivity contribution in [2.75, 3.05) is 20.1 Å². The smallest absolute Gasteiger partial charge is 0.237 e. The zero-order valence-electron chi connectivity index (χ0n) is 7.85. The first-order valence-electron chi connectivity index (χ1n) is 4.20. The van der Waals surface area contributed by atoms with Gasteiger partial charge in [0.15, 0.2) is 0 Å². The van der Waals surface area contributed by atoms with Gasteiger partial charge in [0.05, 0.1) is 6.04 Å². The summed E-state index contributed by atoms with van der Waals surface area (Å²) in [6.45, 7) is 7.67. The lowest BCUT2D eigenvalue weighted by atomic mass is 10.2. The summed E-state index contributed by atoms with van der Waals surface area (Å²) in [5.74, 6) is 0.142. The van der Waals surface area contributed by atoms with Crippen LogP contribution in [0, 0.1) is 0 Å². The molecule has 1 amide bonds. The van der Waals surface area contributed by atoms with Crippen LogP contribution in [0.4, 0.5) is 0 Å². The Morgan fingerprint density at radius 2 is 2.09 bits per heavy atom. The van der Waals surface area contributed by atoms with E-state index in [0.717, 1.165) is 13.1 Å². The highest BCUT2D eigenvalue weighted by Crippen LogP contribution is 1.98. The third-order valence-corrected chi connectivity index (χ3v) is 1.80. The fourth-order valence-corrected chi connectivity index (χ4v) is 0.897. The zero-order valence-corrected chi connectivity index (χ0v) is 7.85. The molecular weight excluding hydrogens is 140 g/mol. The predicted octanol–water partition coefficient (Wildman–Crippen LogP) is 0.463. The lowest BCUT2D eigenvalue weighted by molar-refractivity contribution is -0.127. The molecule has 1 aliphatic rings. The highest BCUT2D eigenvalue weighted by molar-refractivity contribution is 5.81. The fourth-order valence-electron chi connectivity index (χ4n) is 0.897. The van der Waals surface area contributed by atoms with E-state index in [0.29, 0.717) is 0 Å². The lowest BCUT2D eigenvalue weighted by Crippen LogP contribution is -2.51. The van der Waals surface area contributed by atoms with Gasteiger partial charge in [-0.15, -0.1) is 0 Å². The number of amides is 1. The minimum absolute atomic E-state index is 0.0544. The van der Waals surface area contributed by atoms with Gasteiger partial charge in [0, 0.05) is 13.1 Å². The van der Waals surface area contributed by atoms with Crippen molar-refractivity contribution in [3.8, 4) is 0 Å². The van der Waals surface area contributed by atoms with E-state index >= 15 is 0 Å². The standard InChI is InChI=1S/C6H12N2O.C2H6/c1-5-6(9)7-3-4-8(5)2;1-2/h5H,3-4H2,1-2H3,(H,7,9);1-2H3. The molecule has 1 fully saturated rings. The molecule has 1 heterocycles. The first-order chi connectivity index (χ1) is 5.22. The number of nitrogens with one attached hydrogen (secondary N) is 1. The van der Waals surface area contributed by atoms with Gasteiger partial charge in [-0.2, -0.15) is 0 Å². The van der Waals surface area contributed by atoms with Crippen LogP contribution >= 0.6 is 0 Å². The number of piperazine rings is 1. The van der Waals surface area contributed by atoms with Gasteiger partial charge in [-0.25, -0.2) is 0 Å².